The molecule has 0 aliphatic carbocycles. The summed E-state index contributed by atoms with van der Waals surface area (Å²) in [6.07, 6.45) is 0. The summed E-state index contributed by atoms with van der Waals surface area (Å²) in [7, 11) is 0. The van der Waals surface area contributed by atoms with E-state index in [0.717, 1.165) is 0 Å². The molecule has 0 saturated heterocycles. The van der Waals surface area contributed by atoms with Gasteiger partial charge >= 0.3 is 0 Å². The molecule has 84 valence electrons. The van der Waals surface area contributed by atoms with E-state index in [-0.39, 0.29) is 5.82 Å². The van der Waals surface area contributed by atoms with Crippen LogP contribution in [0.4, 0.5) is 4.39 Å². The second kappa shape index (κ2) is 4.86. The molecule has 16 heavy (non-hydrogen) atoms. The van der Waals surface area contributed by atoms with Crippen molar-refractivity contribution >= 4 is 27.3 Å². The van der Waals surface area contributed by atoms with Gasteiger partial charge in [-0.3, -0.25) is 0 Å². The molecule has 4 nitrogen and oxygen atoms in total. The monoisotopic (exact) mass is 303 g/mol. The third-order valence-electron chi connectivity index (χ3n) is 1.66. The number of hydrogen-bond donors (Lipinski definition) is 1. The second-order valence-electron chi connectivity index (χ2n) is 2.87. The van der Waals surface area contributed by atoms with Gasteiger partial charge in [-0.2, -0.15) is 0 Å². The van der Waals surface area contributed by atoms with Crippen molar-refractivity contribution in [2.45, 2.75) is 6.54 Å². The molecule has 0 aliphatic rings. The van der Waals surface area contributed by atoms with Gasteiger partial charge < -0.3 is 10.5 Å². The maximum atomic E-state index is 13.0. The first-order valence-corrected chi connectivity index (χ1v) is 5.95. The van der Waals surface area contributed by atoms with Gasteiger partial charge in [0, 0.05) is 17.1 Å². The average Bonchev–Trinajstić information content (AvgIpc) is 2.64. The molecule has 0 atom stereocenters. The zero-order valence-corrected chi connectivity index (χ0v) is 10.4. The van der Waals surface area contributed by atoms with Crippen molar-refractivity contribution in [2.75, 3.05) is 0 Å². The molecule has 1 aromatic heterocycles. The highest BCUT2D eigenvalue weighted by atomic mass is 79.9. The first-order valence-electron chi connectivity index (χ1n) is 4.34. The standard InChI is InChI=1S/C9H7BrFN3OS/c10-5-1-6(11)3-7(2-5)15-9-14-13-8(4-12)16-9/h1-3H,4,12H2. The van der Waals surface area contributed by atoms with Crippen molar-refractivity contribution in [3.8, 4) is 10.9 Å². The van der Waals surface area contributed by atoms with Crippen LogP contribution in [0.5, 0.6) is 10.9 Å². The number of halogens is 2. The number of hydrogen-bond acceptors (Lipinski definition) is 5. The largest absolute Gasteiger partial charge is 0.430 e. The quantitative estimate of drug-likeness (QED) is 0.947. The zero-order chi connectivity index (χ0) is 11.5. The summed E-state index contributed by atoms with van der Waals surface area (Å²) in [5.41, 5.74) is 5.39. The minimum atomic E-state index is -0.382. The summed E-state index contributed by atoms with van der Waals surface area (Å²) in [5, 5.41) is 8.58. The van der Waals surface area contributed by atoms with Gasteiger partial charge in [-0.25, -0.2) is 4.39 Å². The molecule has 0 radical (unpaired) electrons. The van der Waals surface area contributed by atoms with Crippen LogP contribution in [0.25, 0.3) is 0 Å². The molecule has 7 heteroatoms. The highest BCUT2D eigenvalue weighted by molar-refractivity contribution is 9.10. The molecule has 0 fully saturated rings. The summed E-state index contributed by atoms with van der Waals surface area (Å²) in [4.78, 5) is 0. The molecular weight excluding hydrogens is 297 g/mol. The summed E-state index contributed by atoms with van der Waals surface area (Å²) >= 11 is 4.40. The maximum Gasteiger partial charge on any atom is 0.299 e. The molecule has 0 unspecified atom stereocenters. The van der Waals surface area contributed by atoms with Crippen molar-refractivity contribution in [2.24, 2.45) is 5.73 Å². The molecule has 1 aromatic carbocycles. The van der Waals surface area contributed by atoms with Crippen LogP contribution in [0, 0.1) is 5.82 Å². The summed E-state index contributed by atoms with van der Waals surface area (Å²) in [6.45, 7) is 0.313. The summed E-state index contributed by atoms with van der Waals surface area (Å²) in [5.74, 6) is -0.0143. The normalized spacial score (nSPS) is 10.4. The Labute approximate surface area is 103 Å². The fraction of sp³-hybridized carbons (Fsp3) is 0.111. The van der Waals surface area contributed by atoms with Crippen LogP contribution >= 0.6 is 27.3 Å². The number of aromatic nitrogens is 2. The minimum absolute atomic E-state index is 0.313. The molecule has 2 rings (SSSR count). The van der Waals surface area contributed by atoms with Crippen LogP contribution in [0.1, 0.15) is 5.01 Å². The Hall–Kier alpha value is -1.05. The number of nitrogens with two attached hydrogens (primary N) is 1. The molecule has 1 heterocycles. The van der Waals surface area contributed by atoms with Crippen LogP contribution in [0.2, 0.25) is 0 Å². The van der Waals surface area contributed by atoms with Crippen LogP contribution in [0.3, 0.4) is 0 Å². The molecule has 0 bridgehead atoms. The summed E-state index contributed by atoms with van der Waals surface area (Å²) < 4.78 is 19.0. The zero-order valence-electron chi connectivity index (χ0n) is 7.98. The van der Waals surface area contributed by atoms with E-state index in [1.54, 1.807) is 6.07 Å². The second-order valence-corrected chi connectivity index (χ2v) is 4.81. The molecule has 2 N–H and O–H groups in total. The van der Waals surface area contributed by atoms with Gasteiger partial charge in [0.15, 0.2) is 0 Å². The lowest BCUT2D eigenvalue weighted by Crippen LogP contribution is -1.94. The van der Waals surface area contributed by atoms with Crippen molar-refractivity contribution < 1.29 is 9.13 Å². The lowest BCUT2D eigenvalue weighted by atomic mass is 10.3. The maximum absolute atomic E-state index is 13.0. The third-order valence-corrected chi connectivity index (χ3v) is 2.95. The molecule has 0 saturated carbocycles. The lowest BCUT2D eigenvalue weighted by molar-refractivity contribution is 0.467. The molecule has 2 aromatic rings. The Bertz CT molecular complexity index is 485. The molecule has 0 amide bonds. The number of benzene rings is 1. The van der Waals surface area contributed by atoms with Crippen LogP contribution in [-0.4, -0.2) is 10.2 Å². The fourth-order valence-electron chi connectivity index (χ4n) is 1.05. The highest BCUT2D eigenvalue weighted by Crippen LogP contribution is 2.27. The van der Waals surface area contributed by atoms with Crippen LogP contribution in [0.15, 0.2) is 22.7 Å². The van der Waals surface area contributed by atoms with E-state index in [9.17, 15) is 4.39 Å². The van der Waals surface area contributed by atoms with Crippen molar-refractivity contribution in [1.82, 2.24) is 10.2 Å². The average molecular weight is 304 g/mol. The van der Waals surface area contributed by atoms with Gasteiger partial charge in [-0.05, 0) is 12.1 Å². The lowest BCUT2D eigenvalue weighted by Gasteiger charge is -2.01. The van der Waals surface area contributed by atoms with E-state index in [1.807, 2.05) is 0 Å². The van der Waals surface area contributed by atoms with Gasteiger partial charge in [0.1, 0.15) is 16.6 Å². The van der Waals surface area contributed by atoms with Gasteiger partial charge in [0.2, 0.25) is 0 Å². The number of rotatable bonds is 3. The number of nitrogens with zero attached hydrogens (tertiary/aromatic N) is 2. The first kappa shape index (κ1) is 11.4. The Morgan fingerprint density at radius 2 is 2.19 bits per heavy atom. The number of ether oxygens (including phenoxy) is 1. The fourth-order valence-corrected chi connectivity index (χ4v) is 2.08. The van der Waals surface area contributed by atoms with Crippen molar-refractivity contribution in [3.05, 3.63) is 33.5 Å². The van der Waals surface area contributed by atoms with Crippen molar-refractivity contribution in [1.29, 1.82) is 0 Å². The molecule has 0 spiro atoms. The highest BCUT2D eigenvalue weighted by Gasteiger charge is 2.06. The van der Waals surface area contributed by atoms with Crippen LogP contribution < -0.4 is 10.5 Å². The predicted molar refractivity (Wildman–Crippen MR) is 62.0 cm³/mol. The van der Waals surface area contributed by atoms with E-state index in [0.29, 0.717) is 27.0 Å². The predicted octanol–water partition coefficient (Wildman–Crippen LogP) is 2.69. The van der Waals surface area contributed by atoms with Gasteiger partial charge in [0.25, 0.3) is 5.19 Å². The SMILES string of the molecule is NCc1nnc(Oc2cc(F)cc(Br)c2)s1. The topological polar surface area (TPSA) is 61.0 Å². The van der Waals surface area contributed by atoms with E-state index < -0.39 is 0 Å². The van der Waals surface area contributed by atoms with E-state index >= 15 is 0 Å². The smallest absolute Gasteiger partial charge is 0.299 e. The van der Waals surface area contributed by atoms with E-state index in [2.05, 4.69) is 26.1 Å². The summed E-state index contributed by atoms with van der Waals surface area (Å²) in [6, 6.07) is 4.26. The first-order chi connectivity index (χ1) is 7.67. The van der Waals surface area contributed by atoms with Gasteiger partial charge in [-0.15, -0.1) is 5.10 Å². The van der Waals surface area contributed by atoms with Crippen molar-refractivity contribution in [3.63, 3.8) is 0 Å². The molecular formula is C9H7BrFN3OS. The van der Waals surface area contributed by atoms with E-state index in [4.69, 9.17) is 10.5 Å². The Morgan fingerprint density at radius 3 is 2.81 bits per heavy atom. The Balaban J connectivity index is 2.19. The van der Waals surface area contributed by atoms with E-state index in [1.165, 1.54) is 23.5 Å². The third kappa shape index (κ3) is 2.75. The Morgan fingerprint density at radius 1 is 1.38 bits per heavy atom. The van der Waals surface area contributed by atoms with Crippen LogP contribution in [-0.2, 0) is 6.54 Å². The Kier molecular flexibility index (Phi) is 3.47. The van der Waals surface area contributed by atoms with Gasteiger partial charge in [-0.1, -0.05) is 32.4 Å². The molecule has 0 aliphatic heterocycles. The van der Waals surface area contributed by atoms with Gasteiger partial charge in [0.05, 0.1) is 0 Å². The minimum Gasteiger partial charge on any atom is -0.430 e.